The van der Waals surface area contributed by atoms with Gasteiger partial charge in [0.25, 0.3) is 5.91 Å². The highest BCUT2D eigenvalue weighted by molar-refractivity contribution is 7.19. The summed E-state index contributed by atoms with van der Waals surface area (Å²) < 4.78 is 7.55. The van der Waals surface area contributed by atoms with Gasteiger partial charge in [-0.25, -0.2) is 0 Å². The summed E-state index contributed by atoms with van der Waals surface area (Å²) in [4.78, 5) is 22.8. The molecular formula is C26H27N3O2S2. The third-order valence-electron chi connectivity index (χ3n) is 5.95. The van der Waals surface area contributed by atoms with Crippen molar-refractivity contribution in [2.24, 2.45) is 0 Å². The van der Waals surface area contributed by atoms with Gasteiger partial charge in [0.1, 0.15) is 16.7 Å². The van der Waals surface area contributed by atoms with Crippen molar-refractivity contribution in [3.8, 4) is 5.75 Å². The van der Waals surface area contributed by atoms with E-state index in [1.54, 1.807) is 11.7 Å². The zero-order chi connectivity index (χ0) is 22.6. The van der Waals surface area contributed by atoms with Gasteiger partial charge >= 0.3 is 0 Å². The second-order valence-corrected chi connectivity index (χ2v) is 10.6. The van der Waals surface area contributed by atoms with Crippen LogP contribution in [0.4, 0.5) is 0 Å². The van der Waals surface area contributed by atoms with Gasteiger partial charge in [-0.3, -0.25) is 14.7 Å². The Balaban J connectivity index is 1.10. The minimum atomic E-state index is 0.0834. The summed E-state index contributed by atoms with van der Waals surface area (Å²) in [5, 5.41) is 1.33. The molecule has 1 saturated heterocycles. The molecule has 1 amide bonds. The number of hydrogen-bond donors (Lipinski definition) is 0. The maximum atomic E-state index is 12.5. The van der Waals surface area contributed by atoms with Crippen molar-refractivity contribution < 1.29 is 9.53 Å². The van der Waals surface area contributed by atoms with Crippen LogP contribution >= 0.6 is 22.7 Å². The molecule has 1 fully saturated rings. The summed E-state index contributed by atoms with van der Waals surface area (Å²) in [5.41, 5.74) is 2.98. The van der Waals surface area contributed by atoms with Crippen molar-refractivity contribution in [1.29, 1.82) is 0 Å². The highest BCUT2D eigenvalue weighted by Crippen LogP contribution is 2.27. The largest absolute Gasteiger partial charge is 0.490 e. The zero-order valence-electron chi connectivity index (χ0n) is 18.6. The van der Waals surface area contributed by atoms with E-state index in [9.17, 15) is 4.79 Å². The maximum absolute atomic E-state index is 12.5. The molecule has 2 aromatic heterocycles. The van der Waals surface area contributed by atoms with Gasteiger partial charge in [-0.2, -0.15) is 0 Å². The van der Waals surface area contributed by atoms with Gasteiger partial charge < -0.3 is 9.64 Å². The molecule has 5 rings (SSSR count). The van der Waals surface area contributed by atoms with Gasteiger partial charge in [0, 0.05) is 48.6 Å². The molecule has 0 aliphatic carbocycles. The van der Waals surface area contributed by atoms with Gasteiger partial charge in [-0.05, 0) is 42.3 Å². The van der Waals surface area contributed by atoms with E-state index in [0.717, 1.165) is 44.8 Å². The van der Waals surface area contributed by atoms with E-state index < -0.39 is 0 Å². The number of nitrogens with zero attached hydrogens (tertiary/aromatic N) is 3. The van der Waals surface area contributed by atoms with Crippen LogP contribution in [0.3, 0.4) is 0 Å². The van der Waals surface area contributed by atoms with Gasteiger partial charge in [0.2, 0.25) is 0 Å². The highest BCUT2D eigenvalue weighted by atomic mass is 32.1. The van der Waals surface area contributed by atoms with E-state index in [4.69, 9.17) is 4.74 Å². The lowest BCUT2D eigenvalue weighted by Crippen LogP contribution is -2.41. The first kappa shape index (κ1) is 22.1. The Kier molecular flexibility index (Phi) is 6.71. The van der Waals surface area contributed by atoms with Crippen LogP contribution in [0.25, 0.3) is 10.1 Å². The molecule has 3 heterocycles. The molecule has 7 heteroatoms. The van der Waals surface area contributed by atoms with E-state index in [1.807, 2.05) is 16.2 Å². The molecule has 0 radical (unpaired) electrons. The standard InChI is InChI=1S/C26H27N3O2S2/c1-28(17-23-14-20-4-2-3-5-24(20)33-23)16-19-6-8-21(9-7-19)31-22-10-12-29(13-11-22)26(30)25-15-27-18-32-25/h2-9,14-15,18,22H,10-13,16-17H2,1H3. The average molecular weight is 478 g/mol. The van der Waals surface area contributed by atoms with E-state index in [1.165, 1.54) is 31.9 Å². The molecule has 4 aromatic rings. The Morgan fingerprint density at radius 2 is 1.91 bits per heavy atom. The molecule has 0 bridgehead atoms. The van der Waals surface area contributed by atoms with Crippen LogP contribution < -0.4 is 4.74 Å². The van der Waals surface area contributed by atoms with Crippen molar-refractivity contribution in [2.75, 3.05) is 20.1 Å². The van der Waals surface area contributed by atoms with Crippen LogP contribution in [0.5, 0.6) is 5.75 Å². The number of amides is 1. The van der Waals surface area contributed by atoms with Crippen molar-refractivity contribution in [3.63, 3.8) is 0 Å². The van der Waals surface area contributed by atoms with Crippen molar-refractivity contribution >= 4 is 38.7 Å². The number of thiophene rings is 1. The van der Waals surface area contributed by atoms with Crippen LogP contribution in [0.15, 0.2) is 66.3 Å². The summed E-state index contributed by atoms with van der Waals surface area (Å²) in [6.07, 6.45) is 3.50. The number of ether oxygens (including phenoxy) is 1. The number of fused-ring (bicyclic) bond motifs is 1. The van der Waals surface area contributed by atoms with E-state index in [2.05, 4.69) is 71.5 Å². The Hall–Kier alpha value is -2.74. The molecule has 5 nitrogen and oxygen atoms in total. The first-order valence-electron chi connectivity index (χ1n) is 11.2. The summed E-state index contributed by atoms with van der Waals surface area (Å²) >= 11 is 3.27. The summed E-state index contributed by atoms with van der Waals surface area (Å²) in [7, 11) is 2.16. The number of rotatable bonds is 7. The molecule has 0 saturated carbocycles. The smallest absolute Gasteiger partial charge is 0.265 e. The van der Waals surface area contributed by atoms with Crippen LogP contribution in [-0.2, 0) is 13.1 Å². The van der Waals surface area contributed by atoms with Crippen molar-refractivity contribution in [1.82, 2.24) is 14.8 Å². The molecule has 2 aromatic carbocycles. The van der Waals surface area contributed by atoms with Crippen molar-refractivity contribution in [2.45, 2.75) is 32.0 Å². The topological polar surface area (TPSA) is 45.7 Å². The normalized spacial score (nSPS) is 14.8. The zero-order valence-corrected chi connectivity index (χ0v) is 20.3. The molecule has 1 aliphatic rings. The van der Waals surface area contributed by atoms with Crippen LogP contribution in [0, 0.1) is 0 Å². The van der Waals surface area contributed by atoms with E-state index in [0.29, 0.717) is 4.88 Å². The fraction of sp³-hybridized carbons (Fsp3) is 0.308. The lowest BCUT2D eigenvalue weighted by atomic mass is 10.1. The first-order chi connectivity index (χ1) is 16.1. The monoisotopic (exact) mass is 477 g/mol. The SMILES string of the molecule is CN(Cc1ccc(OC2CCN(C(=O)c3cncs3)CC2)cc1)Cc1cc2ccccc2s1. The molecule has 0 atom stereocenters. The Morgan fingerprint density at radius 3 is 2.64 bits per heavy atom. The number of thiazole rings is 1. The third kappa shape index (κ3) is 5.43. The van der Waals surface area contributed by atoms with Gasteiger partial charge in [-0.15, -0.1) is 22.7 Å². The summed E-state index contributed by atoms with van der Waals surface area (Å²) in [6.45, 7) is 3.28. The van der Waals surface area contributed by atoms with Gasteiger partial charge in [0.15, 0.2) is 0 Å². The van der Waals surface area contributed by atoms with Crippen LogP contribution in [0.2, 0.25) is 0 Å². The van der Waals surface area contributed by atoms with Crippen molar-refractivity contribution in [3.05, 3.63) is 81.6 Å². The van der Waals surface area contributed by atoms with Crippen LogP contribution in [-0.4, -0.2) is 46.9 Å². The van der Waals surface area contributed by atoms with Gasteiger partial charge in [-0.1, -0.05) is 30.3 Å². The Labute approximate surface area is 202 Å². The second kappa shape index (κ2) is 10.0. The number of likely N-dealkylation sites (tertiary alicyclic amines) is 1. The lowest BCUT2D eigenvalue weighted by molar-refractivity contribution is 0.0600. The maximum Gasteiger partial charge on any atom is 0.265 e. The second-order valence-electron chi connectivity index (χ2n) is 8.54. The predicted octanol–water partition coefficient (Wildman–Crippen LogP) is 5.67. The Morgan fingerprint density at radius 1 is 1.12 bits per heavy atom. The molecule has 1 aliphatic heterocycles. The van der Waals surface area contributed by atoms with E-state index in [-0.39, 0.29) is 12.0 Å². The fourth-order valence-corrected chi connectivity index (χ4v) is 6.00. The number of aromatic nitrogens is 1. The number of carbonyl (C=O) groups excluding carboxylic acids is 1. The minimum Gasteiger partial charge on any atom is -0.490 e. The number of hydrogen-bond acceptors (Lipinski definition) is 6. The molecule has 170 valence electrons. The third-order valence-corrected chi connectivity index (χ3v) is 7.82. The quantitative estimate of drug-likeness (QED) is 0.344. The van der Waals surface area contributed by atoms with Gasteiger partial charge in [0.05, 0.1) is 11.7 Å². The summed E-state index contributed by atoms with van der Waals surface area (Å²) in [6, 6.07) is 19.3. The fourth-order valence-electron chi connectivity index (χ4n) is 4.27. The molecular weight excluding hydrogens is 450 g/mol. The predicted molar refractivity (Wildman–Crippen MR) is 135 cm³/mol. The average Bonchev–Trinajstić information content (AvgIpc) is 3.50. The molecule has 0 N–H and O–H groups in total. The number of benzene rings is 2. The Bertz CT molecular complexity index is 1160. The lowest BCUT2D eigenvalue weighted by Gasteiger charge is -2.32. The van der Waals surface area contributed by atoms with E-state index >= 15 is 0 Å². The highest BCUT2D eigenvalue weighted by Gasteiger charge is 2.25. The molecule has 33 heavy (non-hydrogen) atoms. The first-order valence-corrected chi connectivity index (χ1v) is 12.9. The molecule has 0 unspecified atom stereocenters. The number of piperidine rings is 1. The molecule has 0 spiro atoms. The number of carbonyl (C=O) groups is 1. The minimum absolute atomic E-state index is 0.0834. The van der Waals surface area contributed by atoms with Crippen LogP contribution in [0.1, 0.15) is 33.0 Å². The summed E-state index contributed by atoms with van der Waals surface area (Å²) in [5.74, 6) is 0.984.